The van der Waals surface area contributed by atoms with Gasteiger partial charge in [-0.05, 0) is 25.5 Å². The number of nitrogens with zero attached hydrogens (tertiary/aromatic N) is 1. The lowest BCUT2D eigenvalue weighted by atomic mass is 10.1. The molecule has 0 radical (unpaired) electrons. The summed E-state index contributed by atoms with van der Waals surface area (Å²) in [6.07, 6.45) is 6.41. The Hall–Kier alpha value is -1.26. The number of likely N-dealkylation sites (N-methyl/N-ethyl adjacent to an activating group) is 1. The van der Waals surface area contributed by atoms with Gasteiger partial charge in [-0.3, -0.25) is 4.90 Å². The summed E-state index contributed by atoms with van der Waals surface area (Å²) in [7, 11) is 0. The van der Waals surface area contributed by atoms with E-state index in [1.54, 1.807) is 0 Å². The van der Waals surface area contributed by atoms with Crippen molar-refractivity contribution in [1.82, 2.24) is 4.90 Å². The topological polar surface area (TPSA) is 3.24 Å². The van der Waals surface area contributed by atoms with Crippen LogP contribution in [-0.4, -0.2) is 24.0 Å². The van der Waals surface area contributed by atoms with Crippen LogP contribution in [0.1, 0.15) is 19.4 Å². The second-order valence-corrected chi connectivity index (χ2v) is 3.81. The van der Waals surface area contributed by atoms with E-state index in [-0.39, 0.29) is 0 Å². The molecule has 0 amide bonds. The fourth-order valence-corrected chi connectivity index (χ4v) is 1.78. The third kappa shape index (κ3) is 3.77. The van der Waals surface area contributed by atoms with Crippen LogP contribution in [0.4, 0.5) is 0 Å². The van der Waals surface area contributed by atoms with E-state index in [0.29, 0.717) is 6.04 Å². The van der Waals surface area contributed by atoms with Crippen molar-refractivity contribution in [3.63, 3.8) is 0 Å². The van der Waals surface area contributed by atoms with Gasteiger partial charge in [-0.25, -0.2) is 0 Å². The van der Waals surface area contributed by atoms with Gasteiger partial charge >= 0.3 is 0 Å². The summed E-state index contributed by atoms with van der Waals surface area (Å²) in [5.41, 5.74) is 1.38. The standard InChI is InChI=1S/C14H19N/c1-4-11-15(5-2)13(3)12-14-9-7-6-8-10-14/h1,6-10,13H,5,11-12H2,2-3H3. The van der Waals surface area contributed by atoms with Crippen LogP contribution >= 0.6 is 0 Å². The molecule has 1 aromatic rings. The molecule has 0 aliphatic rings. The molecule has 0 N–H and O–H groups in total. The highest BCUT2D eigenvalue weighted by Gasteiger charge is 2.10. The molecule has 0 aliphatic carbocycles. The maximum absolute atomic E-state index is 5.34. The van der Waals surface area contributed by atoms with Crippen molar-refractivity contribution < 1.29 is 0 Å². The Balaban J connectivity index is 2.54. The summed E-state index contributed by atoms with van der Waals surface area (Å²) in [5, 5.41) is 0. The zero-order valence-electron chi connectivity index (χ0n) is 9.61. The van der Waals surface area contributed by atoms with Crippen molar-refractivity contribution in [2.45, 2.75) is 26.3 Å². The highest BCUT2D eigenvalue weighted by Crippen LogP contribution is 2.07. The van der Waals surface area contributed by atoms with Gasteiger partial charge in [0.1, 0.15) is 0 Å². The van der Waals surface area contributed by atoms with E-state index in [1.165, 1.54) is 5.56 Å². The van der Waals surface area contributed by atoms with Gasteiger partial charge in [-0.1, -0.05) is 43.2 Å². The van der Waals surface area contributed by atoms with Crippen LogP contribution < -0.4 is 0 Å². The van der Waals surface area contributed by atoms with Crippen LogP contribution in [0, 0.1) is 12.3 Å². The molecule has 1 aromatic carbocycles. The van der Waals surface area contributed by atoms with E-state index in [2.05, 4.69) is 48.9 Å². The number of terminal acetylenes is 1. The summed E-state index contributed by atoms with van der Waals surface area (Å²) in [4.78, 5) is 2.31. The van der Waals surface area contributed by atoms with Crippen LogP contribution in [0.25, 0.3) is 0 Å². The monoisotopic (exact) mass is 201 g/mol. The van der Waals surface area contributed by atoms with E-state index >= 15 is 0 Å². The molecular formula is C14H19N. The van der Waals surface area contributed by atoms with Gasteiger partial charge in [0.15, 0.2) is 0 Å². The van der Waals surface area contributed by atoms with Crippen LogP contribution in [0.15, 0.2) is 30.3 Å². The van der Waals surface area contributed by atoms with E-state index in [1.807, 2.05) is 6.07 Å². The van der Waals surface area contributed by atoms with E-state index in [0.717, 1.165) is 19.5 Å². The minimum Gasteiger partial charge on any atom is -0.290 e. The Kier molecular flexibility index (Phi) is 4.93. The quantitative estimate of drug-likeness (QED) is 0.662. The van der Waals surface area contributed by atoms with Crippen molar-refractivity contribution >= 4 is 0 Å². The lowest BCUT2D eigenvalue weighted by Crippen LogP contribution is -2.34. The third-order valence-corrected chi connectivity index (χ3v) is 2.70. The number of hydrogen-bond donors (Lipinski definition) is 0. The molecule has 1 atom stereocenters. The number of benzene rings is 1. The average molecular weight is 201 g/mol. The van der Waals surface area contributed by atoms with E-state index in [9.17, 15) is 0 Å². The summed E-state index contributed by atoms with van der Waals surface area (Å²) in [6.45, 7) is 6.13. The molecule has 15 heavy (non-hydrogen) atoms. The Labute approximate surface area is 93.1 Å². The largest absolute Gasteiger partial charge is 0.290 e. The maximum Gasteiger partial charge on any atom is 0.0601 e. The second-order valence-electron chi connectivity index (χ2n) is 3.81. The zero-order chi connectivity index (χ0) is 11.1. The summed E-state index contributed by atoms with van der Waals surface area (Å²) >= 11 is 0. The molecule has 80 valence electrons. The smallest absolute Gasteiger partial charge is 0.0601 e. The predicted molar refractivity (Wildman–Crippen MR) is 65.7 cm³/mol. The molecule has 1 rings (SSSR count). The molecule has 0 aliphatic heterocycles. The van der Waals surface area contributed by atoms with Gasteiger partial charge in [0.05, 0.1) is 6.54 Å². The molecule has 0 aromatic heterocycles. The Bertz CT molecular complexity index is 310. The van der Waals surface area contributed by atoms with Crippen molar-refractivity contribution in [2.75, 3.05) is 13.1 Å². The minimum absolute atomic E-state index is 0.508. The fraction of sp³-hybridized carbons (Fsp3) is 0.429. The lowest BCUT2D eigenvalue weighted by molar-refractivity contribution is 0.246. The molecule has 1 nitrogen and oxygen atoms in total. The van der Waals surface area contributed by atoms with Gasteiger partial charge in [0.2, 0.25) is 0 Å². The van der Waals surface area contributed by atoms with Crippen LogP contribution in [0.3, 0.4) is 0 Å². The highest BCUT2D eigenvalue weighted by molar-refractivity contribution is 5.15. The Morgan fingerprint density at radius 2 is 2.00 bits per heavy atom. The molecular weight excluding hydrogens is 182 g/mol. The number of hydrogen-bond acceptors (Lipinski definition) is 1. The average Bonchev–Trinajstić information content (AvgIpc) is 2.27. The minimum atomic E-state index is 0.508. The molecule has 0 fully saturated rings. The van der Waals surface area contributed by atoms with Crippen molar-refractivity contribution in [2.24, 2.45) is 0 Å². The third-order valence-electron chi connectivity index (χ3n) is 2.70. The van der Waals surface area contributed by atoms with Crippen molar-refractivity contribution in [1.29, 1.82) is 0 Å². The Morgan fingerprint density at radius 1 is 1.33 bits per heavy atom. The van der Waals surface area contributed by atoms with Crippen LogP contribution in [0.2, 0.25) is 0 Å². The van der Waals surface area contributed by atoms with Crippen LogP contribution in [0.5, 0.6) is 0 Å². The highest BCUT2D eigenvalue weighted by atomic mass is 15.1. The molecule has 0 bridgehead atoms. The van der Waals surface area contributed by atoms with Crippen molar-refractivity contribution in [3.05, 3.63) is 35.9 Å². The molecule has 0 spiro atoms. The normalized spacial score (nSPS) is 12.4. The Morgan fingerprint density at radius 3 is 2.53 bits per heavy atom. The molecule has 1 heteroatoms. The molecule has 0 saturated heterocycles. The first-order valence-electron chi connectivity index (χ1n) is 5.49. The first-order chi connectivity index (χ1) is 7.27. The SMILES string of the molecule is C#CCN(CC)C(C)Cc1ccccc1. The van der Waals surface area contributed by atoms with Crippen LogP contribution in [-0.2, 0) is 6.42 Å². The second kappa shape index (κ2) is 6.27. The first kappa shape index (κ1) is 11.8. The van der Waals surface area contributed by atoms with Gasteiger partial charge in [0.25, 0.3) is 0 Å². The fourth-order valence-electron chi connectivity index (χ4n) is 1.78. The summed E-state index contributed by atoms with van der Waals surface area (Å²) in [5.74, 6) is 2.71. The molecule has 0 heterocycles. The molecule has 0 saturated carbocycles. The zero-order valence-corrected chi connectivity index (χ0v) is 9.61. The number of rotatable bonds is 5. The summed E-state index contributed by atoms with van der Waals surface area (Å²) in [6, 6.07) is 11.1. The van der Waals surface area contributed by atoms with Gasteiger partial charge < -0.3 is 0 Å². The maximum atomic E-state index is 5.34. The van der Waals surface area contributed by atoms with E-state index < -0.39 is 0 Å². The van der Waals surface area contributed by atoms with E-state index in [4.69, 9.17) is 6.42 Å². The molecule has 1 unspecified atom stereocenters. The lowest BCUT2D eigenvalue weighted by Gasteiger charge is -2.25. The first-order valence-corrected chi connectivity index (χ1v) is 5.49. The summed E-state index contributed by atoms with van der Waals surface area (Å²) < 4.78 is 0. The van der Waals surface area contributed by atoms with Crippen molar-refractivity contribution in [3.8, 4) is 12.3 Å². The predicted octanol–water partition coefficient (Wildman–Crippen LogP) is 2.57. The van der Waals surface area contributed by atoms with Gasteiger partial charge in [-0.15, -0.1) is 6.42 Å². The van der Waals surface area contributed by atoms with Gasteiger partial charge in [0, 0.05) is 6.04 Å². The van der Waals surface area contributed by atoms with Gasteiger partial charge in [-0.2, -0.15) is 0 Å².